The summed E-state index contributed by atoms with van der Waals surface area (Å²) in [6.07, 6.45) is 6.80. The fraction of sp³-hybridized carbons (Fsp3) is 0.533. The highest BCUT2D eigenvalue weighted by Crippen LogP contribution is 2.37. The largest absolute Gasteiger partial charge is 0.324 e. The molecule has 3 rings (SSSR count). The number of alkyl halides is 1. The Balaban J connectivity index is 2.02. The number of imidazole rings is 1. The smallest absolute Gasteiger partial charge is 0.139 e. The van der Waals surface area contributed by atoms with Crippen LogP contribution in [-0.2, 0) is 5.88 Å². The predicted molar refractivity (Wildman–Crippen MR) is 91.8 cm³/mol. The number of halogens is 3. The molecule has 2 aromatic rings. The van der Waals surface area contributed by atoms with Crippen LogP contribution in [-0.4, -0.2) is 21.1 Å². The fourth-order valence-electron chi connectivity index (χ4n) is 3.18. The van der Waals surface area contributed by atoms with E-state index in [1.165, 1.54) is 12.8 Å². The van der Waals surface area contributed by atoms with Crippen molar-refractivity contribution in [2.24, 2.45) is 0 Å². The van der Waals surface area contributed by atoms with Crippen molar-refractivity contribution in [1.29, 1.82) is 0 Å². The van der Waals surface area contributed by atoms with Gasteiger partial charge in [0.2, 0.25) is 0 Å². The van der Waals surface area contributed by atoms with E-state index >= 15 is 0 Å². The van der Waals surface area contributed by atoms with Gasteiger partial charge in [-0.3, -0.25) is 0 Å². The first-order chi connectivity index (χ1) is 10.1. The van der Waals surface area contributed by atoms with Crippen LogP contribution in [0, 0.1) is 5.82 Å². The Hall–Kier alpha value is -0.260. The van der Waals surface area contributed by atoms with Crippen LogP contribution in [0.5, 0.6) is 0 Å². The molecule has 1 aromatic heterocycles. The van der Waals surface area contributed by atoms with E-state index in [-0.39, 0.29) is 5.82 Å². The summed E-state index contributed by atoms with van der Waals surface area (Å²) in [6.45, 7) is 0. The van der Waals surface area contributed by atoms with Crippen LogP contribution in [0.25, 0.3) is 11.0 Å². The van der Waals surface area contributed by atoms with Crippen molar-refractivity contribution in [3.05, 3.63) is 28.2 Å². The van der Waals surface area contributed by atoms with Gasteiger partial charge in [-0.05, 0) is 53.9 Å². The number of nitrogens with zero attached hydrogens (tertiary/aromatic N) is 2. The van der Waals surface area contributed by atoms with Gasteiger partial charge in [0.1, 0.15) is 11.6 Å². The van der Waals surface area contributed by atoms with Gasteiger partial charge in [-0.1, -0.05) is 0 Å². The molecule has 0 radical (unpaired) electrons. The summed E-state index contributed by atoms with van der Waals surface area (Å²) in [7, 11) is 0. The van der Waals surface area contributed by atoms with Crippen LogP contribution in [0.1, 0.15) is 37.5 Å². The average Bonchev–Trinajstić information content (AvgIpc) is 2.85. The van der Waals surface area contributed by atoms with Gasteiger partial charge in [-0.25, -0.2) is 9.37 Å². The van der Waals surface area contributed by atoms with Crippen molar-refractivity contribution < 1.29 is 4.39 Å². The lowest BCUT2D eigenvalue weighted by Crippen LogP contribution is -2.20. The van der Waals surface area contributed by atoms with Crippen LogP contribution in [0.4, 0.5) is 4.39 Å². The molecule has 0 aliphatic heterocycles. The number of benzene rings is 1. The van der Waals surface area contributed by atoms with Crippen LogP contribution < -0.4 is 0 Å². The average molecular weight is 392 g/mol. The van der Waals surface area contributed by atoms with Crippen molar-refractivity contribution in [1.82, 2.24) is 9.55 Å². The molecule has 0 saturated heterocycles. The molecule has 1 heterocycles. The fourth-order valence-corrected chi connectivity index (χ4v) is 4.44. The summed E-state index contributed by atoms with van der Waals surface area (Å²) in [5, 5.41) is 0.751. The third kappa shape index (κ3) is 2.97. The maximum absolute atomic E-state index is 13.9. The van der Waals surface area contributed by atoms with Gasteiger partial charge in [0.15, 0.2) is 0 Å². The molecule has 0 bridgehead atoms. The third-order valence-electron chi connectivity index (χ3n) is 4.27. The first kappa shape index (κ1) is 15.6. The third-order valence-corrected chi connectivity index (χ3v) is 6.25. The molecular formula is C15H17BrClFN2S. The lowest BCUT2D eigenvalue weighted by atomic mass is 9.94. The zero-order valence-corrected chi connectivity index (χ0v) is 14.9. The van der Waals surface area contributed by atoms with E-state index in [0.29, 0.717) is 16.4 Å². The molecule has 0 atom stereocenters. The molecule has 0 amide bonds. The Bertz CT molecular complexity index is 653. The Labute approximate surface area is 141 Å². The molecular weight excluding hydrogens is 375 g/mol. The maximum atomic E-state index is 13.9. The number of aromatic nitrogens is 2. The van der Waals surface area contributed by atoms with Crippen LogP contribution in [0.3, 0.4) is 0 Å². The van der Waals surface area contributed by atoms with Crippen LogP contribution >= 0.6 is 39.3 Å². The van der Waals surface area contributed by atoms with Crippen molar-refractivity contribution in [3.63, 3.8) is 0 Å². The number of thioether (sulfide) groups is 1. The summed E-state index contributed by atoms with van der Waals surface area (Å²) in [5.41, 5.74) is 1.67. The number of fused-ring (bicyclic) bond motifs is 1. The minimum absolute atomic E-state index is 0.248. The molecule has 0 N–H and O–H groups in total. The summed E-state index contributed by atoms with van der Waals surface area (Å²) < 4.78 is 16.5. The van der Waals surface area contributed by atoms with E-state index in [0.717, 1.165) is 34.9 Å². The first-order valence-electron chi connectivity index (χ1n) is 7.08. The standard InChI is InChI=1S/C15H17BrClFN2S/c1-21-10-4-2-9(3-5-10)20-14-7-12(18)11(16)6-13(14)19-15(20)8-17/h6-7,9-10H,2-5,8H2,1H3. The number of hydrogen-bond acceptors (Lipinski definition) is 2. The minimum Gasteiger partial charge on any atom is -0.324 e. The molecule has 21 heavy (non-hydrogen) atoms. The highest BCUT2D eigenvalue weighted by Gasteiger charge is 2.25. The second-order valence-electron chi connectivity index (χ2n) is 5.45. The second kappa shape index (κ2) is 6.47. The second-order valence-corrected chi connectivity index (χ2v) is 7.71. The number of hydrogen-bond donors (Lipinski definition) is 0. The highest BCUT2D eigenvalue weighted by molar-refractivity contribution is 9.10. The molecule has 0 unspecified atom stereocenters. The zero-order valence-electron chi connectivity index (χ0n) is 11.8. The molecule has 6 heteroatoms. The first-order valence-corrected chi connectivity index (χ1v) is 9.70. The molecule has 1 fully saturated rings. The zero-order chi connectivity index (χ0) is 15.0. The Morgan fingerprint density at radius 1 is 1.38 bits per heavy atom. The van der Waals surface area contributed by atoms with Gasteiger partial charge in [-0.2, -0.15) is 11.8 Å². The minimum atomic E-state index is -0.248. The summed E-state index contributed by atoms with van der Waals surface area (Å²) in [6, 6.07) is 3.70. The van der Waals surface area contributed by atoms with E-state index in [4.69, 9.17) is 11.6 Å². The molecule has 2 nitrogen and oxygen atoms in total. The van der Waals surface area contributed by atoms with Crippen molar-refractivity contribution in [3.8, 4) is 0 Å². The summed E-state index contributed by atoms with van der Waals surface area (Å²) in [4.78, 5) is 4.58. The Kier molecular flexibility index (Phi) is 4.81. The van der Waals surface area contributed by atoms with E-state index in [1.807, 2.05) is 11.8 Å². The van der Waals surface area contributed by atoms with Crippen LogP contribution in [0.2, 0.25) is 0 Å². The molecule has 1 aromatic carbocycles. The maximum Gasteiger partial charge on any atom is 0.139 e. The highest BCUT2D eigenvalue weighted by atomic mass is 79.9. The van der Waals surface area contributed by atoms with Crippen molar-refractivity contribution in [2.45, 2.75) is 42.9 Å². The normalized spacial score (nSPS) is 22.9. The molecule has 1 saturated carbocycles. The van der Waals surface area contributed by atoms with E-state index < -0.39 is 0 Å². The predicted octanol–water partition coefficient (Wildman–Crippen LogP) is 5.52. The van der Waals surface area contributed by atoms with Gasteiger partial charge in [0, 0.05) is 17.4 Å². The van der Waals surface area contributed by atoms with E-state index in [9.17, 15) is 4.39 Å². The Morgan fingerprint density at radius 2 is 2.10 bits per heavy atom. The van der Waals surface area contributed by atoms with Crippen LogP contribution in [0.15, 0.2) is 16.6 Å². The van der Waals surface area contributed by atoms with Crippen molar-refractivity contribution in [2.75, 3.05) is 6.26 Å². The monoisotopic (exact) mass is 390 g/mol. The van der Waals surface area contributed by atoms with Gasteiger partial charge in [0.05, 0.1) is 21.4 Å². The van der Waals surface area contributed by atoms with Gasteiger partial charge in [-0.15, -0.1) is 11.6 Å². The lowest BCUT2D eigenvalue weighted by Gasteiger charge is -2.29. The molecule has 1 aliphatic rings. The van der Waals surface area contributed by atoms with E-state index in [2.05, 4.69) is 31.7 Å². The Morgan fingerprint density at radius 3 is 2.71 bits per heavy atom. The van der Waals surface area contributed by atoms with E-state index in [1.54, 1.807) is 12.1 Å². The topological polar surface area (TPSA) is 17.8 Å². The summed E-state index contributed by atoms with van der Waals surface area (Å²) >= 11 is 11.2. The van der Waals surface area contributed by atoms with Crippen molar-refractivity contribution >= 4 is 50.3 Å². The van der Waals surface area contributed by atoms with Gasteiger partial charge < -0.3 is 4.57 Å². The summed E-state index contributed by atoms with van der Waals surface area (Å²) in [5.74, 6) is 0.954. The molecule has 114 valence electrons. The SMILES string of the molecule is CSC1CCC(n2c(CCl)nc3cc(Br)c(F)cc32)CC1. The number of rotatable bonds is 3. The lowest BCUT2D eigenvalue weighted by molar-refractivity contribution is 0.361. The molecule has 0 spiro atoms. The van der Waals surface area contributed by atoms with Gasteiger partial charge >= 0.3 is 0 Å². The molecule has 1 aliphatic carbocycles. The quantitative estimate of drug-likeness (QED) is 0.641. The van der Waals surface area contributed by atoms with Gasteiger partial charge in [0.25, 0.3) is 0 Å².